The van der Waals surface area contributed by atoms with Crippen molar-refractivity contribution in [1.29, 1.82) is 0 Å². The number of amides is 1. The van der Waals surface area contributed by atoms with Crippen molar-refractivity contribution in [1.82, 2.24) is 9.21 Å². The van der Waals surface area contributed by atoms with E-state index in [0.29, 0.717) is 38.9 Å². The summed E-state index contributed by atoms with van der Waals surface area (Å²) in [5.41, 5.74) is 0. The quantitative estimate of drug-likeness (QED) is 0.798. The second kappa shape index (κ2) is 8.01. The highest BCUT2D eigenvalue weighted by Crippen LogP contribution is 2.18. The molecule has 1 aliphatic rings. The Hall–Kier alpha value is -2.19. The Morgan fingerprint density at radius 2 is 1.85 bits per heavy atom. The van der Waals surface area contributed by atoms with Gasteiger partial charge in [-0.25, -0.2) is 12.8 Å². The predicted octanol–water partition coefficient (Wildman–Crippen LogP) is 2.27. The van der Waals surface area contributed by atoms with Gasteiger partial charge >= 0.3 is 0 Å². The molecule has 1 amide bonds. The lowest BCUT2D eigenvalue weighted by Crippen LogP contribution is -2.37. The Labute approximate surface area is 152 Å². The van der Waals surface area contributed by atoms with Crippen LogP contribution in [0.2, 0.25) is 0 Å². The third-order valence-electron chi connectivity index (χ3n) is 4.42. The molecule has 1 aromatic carbocycles. The first-order valence-electron chi connectivity index (χ1n) is 8.53. The Kier molecular flexibility index (Phi) is 5.73. The van der Waals surface area contributed by atoms with Gasteiger partial charge in [0.25, 0.3) is 0 Å². The number of carbonyl (C=O) groups is 1. The van der Waals surface area contributed by atoms with Gasteiger partial charge < -0.3 is 9.32 Å². The van der Waals surface area contributed by atoms with E-state index in [-0.39, 0.29) is 17.3 Å². The minimum absolute atomic E-state index is 0.0116. The van der Waals surface area contributed by atoms with E-state index in [2.05, 4.69) is 0 Å². The zero-order chi connectivity index (χ0) is 18.6. The maximum Gasteiger partial charge on any atom is 0.243 e. The van der Waals surface area contributed by atoms with E-state index in [9.17, 15) is 17.6 Å². The Morgan fingerprint density at radius 3 is 2.54 bits per heavy atom. The lowest BCUT2D eigenvalue weighted by Gasteiger charge is -2.22. The fourth-order valence-electron chi connectivity index (χ4n) is 2.98. The van der Waals surface area contributed by atoms with Gasteiger partial charge in [-0.05, 0) is 42.8 Å². The summed E-state index contributed by atoms with van der Waals surface area (Å²) in [4.78, 5) is 14.1. The largest absolute Gasteiger partial charge is 0.469 e. The van der Waals surface area contributed by atoms with Gasteiger partial charge in [-0.15, -0.1) is 0 Å². The monoisotopic (exact) mass is 380 g/mol. The van der Waals surface area contributed by atoms with Crippen molar-refractivity contribution in [3.8, 4) is 0 Å². The molecule has 1 fully saturated rings. The van der Waals surface area contributed by atoms with Crippen LogP contribution in [0.15, 0.2) is 52.0 Å². The summed E-state index contributed by atoms with van der Waals surface area (Å²) in [6.45, 7) is 1.43. The maximum atomic E-state index is 13.0. The van der Waals surface area contributed by atoms with Crippen molar-refractivity contribution in [2.45, 2.75) is 24.2 Å². The molecule has 0 bridgehead atoms. The van der Waals surface area contributed by atoms with Gasteiger partial charge in [0, 0.05) is 39.0 Å². The molecule has 0 spiro atoms. The number of aryl methyl sites for hydroxylation is 1. The summed E-state index contributed by atoms with van der Waals surface area (Å²) in [6.07, 6.45) is 3.00. The molecule has 1 aromatic heterocycles. The van der Waals surface area contributed by atoms with Crippen molar-refractivity contribution in [3.63, 3.8) is 0 Å². The Balaban J connectivity index is 1.60. The SMILES string of the molecule is O=C(CCc1ccco1)N1CCCN(S(=O)(=O)c2ccc(F)cc2)CC1. The highest BCUT2D eigenvalue weighted by molar-refractivity contribution is 7.89. The summed E-state index contributed by atoms with van der Waals surface area (Å²) in [6, 6.07) is 8.41. The third kappa shape index (κ3) is 4.31. The molecular formula is C18H21FN2O4S. The molecular weight excluding hydrogens is 359 g/mol. The molecule has 0 N–H and O–H groups in total. The van der Waals surface area contributed by atoms with Crippen LogP contribution in [-0.2, 0) is 21.2 Å². The van der Waals surface area contributed by atoms with Crippen LogP contribution in [0.3, 0.4) is 0 Å². The number of benzene rings is 1. The van der Waals surface area contributed by atoms with E-state index >= 15 is 0 Å². The predicted molar refractivity (Wildman–Crippen MR) is 93.4 cm³/mol. The molecule has 0 aliphatic carbocycles. The number of carbonyl (C=O) groups excluding carboxylic acids is 1. The molecule has 6 nitrogen and oxygen atoms in total. The average Bonchev–Trinajstić information content (AvgIpc) is 3.01. The lowest BCUT2D eigenvalue weighted by atomic mass is 10.2. The van der Waals surface area contributed by atoms with E-state index in [0.717, 1.165) is 17.9 Å². The average molecular weight is 380 g/mol. The molecule has 0 atom stereocenters. The van der Waals surface area contributed by atoms with Crippen LogP contribution >= 0.6 is 0 Å². The number of hydrogen-bond acceptors (Lipinski definition) is 4. The molecule has 0 unspecified atom stereocenters. The van der Waals surface area contributed by atoms with Crippen molar-refractivity contribution >= 4 is 15.9 Å². The summed E-state index contributed by atoms with van der Waals surface area (Å²) in [5.74, 6) is 0.268. The minimum Gasteiger partial charge on any atom is -0.469 e. The molecule has 26 heavy (non-hydrogen) atoms. The summed E-state index contributed by atoms with van der Waals surface area (Å²) < 4.78 is 45.0. The van der Waals surface area contributed by atoms with Crippen molar-refractivity contribution in [3.05, 3.63) is 54.2 Å². The smallest absolute Gasteiger partial charge is 0.243 e. The second-order valence-electron chi connectivity index (χ2n) is 6.17. The molecule has 2 aromatic rings. The number of rotatable bonds is 5. The van der Waals surface area contributed by atoms with E-state index in [1.54, 1.807) is 17.2 Å². The van der Waals surface area contributed by atoms with E-state index in [1.807, 2.05) is 6.07 Å². The molecule has 8 heteroatoms. The zero-order valence-electron chi connectivity index (χ0n) is 14.3. The summed E-state index contributed by atoms with van der Waals surface area (Å²) in [7, 11) is -3.69. The topological polar surface area (TPSA) is 70.8 Å². The molecule has 1 aliphatic heterocycles. The van der Waals surface area contributed by atoms with E-state index in [1.165, 1.54) is 16.4 Å². The van der Waals surface area contributed by atoms with Gasteiger partial charge in [0.05, 0.1) is 11.2 Å². The molecule has 3 rings (SSSR count). The van der Waals surface area contributed by atoms with Crippen LogP contribution in [0.25, 0.3) is 0 Å². The Morgan fingerprint density at radius 1 is 1.08 bits per heavy atom. The first-order valence-corrected chi connectivity index (χ1v) is 9.97. The summed E-state index contributed by atoms with van der Waals surface area (Å²) >= 11 is 0. The van der Waals surface area contributed by atoms with E-state index < -0.39 is 15.8 Å². The molecule has 140 valence electrons. The molecule has 1 saturated heterocycles. The number of hydrogen-bond donors (Lipinski definition) is 0. The van der Waals surface area contributed by atoms with Gasteiger partial charge in [0.15, 0.2) is 0 Å². The number of halogens is 1. The van der Waals surface area contributed by atoms with Gasteiger partial charge in [-0.1, -0.05) is 0 Å². The normalized spacial score (nSPS) is 16.4. The zero-order valence-corrected chi connectivity index (χ0v) is 15.1. The van der Waals surface area contributed by atoms with Gasteiger partial charge in [0.2, 0.25) is 15.9 Å². The Bertz CT molecular complexity index is 835. The van der Waals surface area contributed by atoms with Crippen LogP contribution in [0.1, 0.15) is 18.6 Å². The summed E-state index contributed by atoms with van der Waals surface area (Å²) in [5, 5.41) is 0. The van der Waals surface area contributed by atoms with Gasteiger partial charge in [-0.2, -0.15) is 4.31 Å². The molecule has 2 heterocycles. The van der Waals surface area contributed by atoms with Crippen molar-refractivity contribution in [2.24, 2.45) is 0 Å². The fraction of sp³-hybridized carbons (Fsp3) is 0.389. The lowest BCUT2D eigenvalue weighted by molar-refractivity contribution is -0.131. The highest BCUT2D eigenvalue weighted by atomic mass is 32.2. The number of nitrogens with zero attached hydrogens (tertiary/aromatic N) is 2. The first-order chi connectivity index (χ1) is 12.5. The van der Waals surface area contributed by atoms with Crippen LogP contribution < -0.4 is 0 Å². The highest BCUT2D eigenvalue weighted by Gasteiger charge is 2.28. The van der Waals surface area contributed by atoms with E-state index in [4.69, 9.17) is 4.42 Å². The minimum atomic E-state index is -3.69. The number of sulfonamides is 1. The molecule has 0 radical (unpaired) electrons. The van der Waals surface area contributed by atoms with Crippen LogP contribution in [0.5, 0.6) is 0 Å². The molecule has 0 saturated carbocycles. The first kappa shape index (κ1) is 18.6. The standard InChI is InChI=1S/C18H21FN2O4S/c19-15-4-7-17(8-5-15)26(23,24)21-11-2-10-20(12-13-21)18(22)9-6-16-3-1-14-25-16/h1,3-5,7-8,14H,2,6,9-13H2. The van der Waals surface area contributed by atoms with Gasteiger partial charge in [-0.3, -0.25) is 4.79 Å². The van der Waals surface area contributed by atoms with Crippen molar-refractivity contribution in [2.75, 3.05) is 26.2 Å². The van der Waals surface area contributed by atoms with Crippen molar-refractivity contribution < 1.29 is 22.0 Å². The van der Waals surface area contributed by atoms with Crippen LogP contribution in [-0.4, -0.2) is 49.7 Å². The third-order valence-corrected chi connectivity index (χ3v) is 6.34. The number of furan rings is 1. The van der Waals surface area contributed by atoms with Gasteiger partial charge in [0.1, 0.15) is 11.6 Å². The van der Waals surface area contributed by atoms with Crippen LogP contribution in [0, 0.1) is 5.82 Å². The second-order valence-corrected chi connectivity index (χ2v) is 8.11. The maximum absolute atomic E-state index is 13.0. The van der Waals surface area contributed by atoms with Crippen LogP contribution in [0.4, 0.5) is 4.39 Å². The fourth-order valence-corrected chi connectivity index (χ4v) is 4.45.